The minimum atomic E-state index is 1.03. The predicted octanol–water partition coefficient (Wildman–Crippen LogP) is 2.66. The van der Waals surface area contributed by atoms with E-state index in [2.05, 4.69) is 22.5 Å². The van der Waals surface area contributed by atoms with Crippen LogP contribution in [0.4, 0.5) is 5.82 Å². The van der Waals surface area contributed by atoms with Gasteiger partial charge in [0.05, 0.1) is 11.4 Å². The molecule has 1 aliphatic rings. The fraction of sp³-hybridized carbons (Fsp3) is 0.250. The third-order valence-electron chi connectivity index (χ3n) is 2.79. The Hall–Kier alpha value is -1.42. The number of aromatic nitrogens is 2. The summed E-state index contributed by atoms with van der Waals surface area (Å²) in [6, 6.07) is 10.3. The average molecular weight is 231 g/mol. The molecule has 0 saturated carbocycles. The van der Waals surface area contributed by atoms with Crippen molar-refractivity contribution in [2.45, 2.75) is 11.5 Å². The zero-order valence-corrected chi connectivity index (χ0v) is 9.92. The maximum atomic E-state index is 4.67. The molecule has 1 N–H and O–H groups in total. The Balaban J connectivity index is 2.15. The van der Waals surface area contributed by atoms with Crippen molar-refractivity contribution >= 4 is 17.6 Å². The van der Waals surface area contributed by atoms with E-state index in [1.54, 1.807) is 0 Å². The van der Waals surface area contributed by atoms with E-state index in [-0.39, 0.29) is 0 Å². The average Bonchev–Trinajstić information content (AvgIpc) is 2.89. The topological polar surface area (TPSA) is 29.9 Å². The lowest BCUT2D eigenvalue weighted by Crippen LogP contribution is -2.03. The van der Waals surface area contributed by atoms with E-state index in [4.69, 9.17) is 0 Å². The highest BCUT2D eigenvalue weighted by Gasteiger charge is 2.22. The molecule has 0 saturated heterocycles. The van der Waals surface area contributed by atoms with Gasteiger partial charge in [-0.15, -0.1) is 0 Å². The monoisotopic (exact) mass is 231 g/mol. The predicted molar refractivity (Wildman–Crippen MR) is 68.1 cm³/mol. The van der Waals surface area contributed by atoms with Crippen molar-refractivity contribution < 1.29 is 0 Å². The number of rotatable bonds is 2. The Labute approximate surface area is 98.9 Å². The summed E-state index contributed by atoms with van der Waals surface area (Å²) in [5, 5.41) is 7.93. The van der Waals surface area contributed by atoms with Crippen molar-refractivity contribution in [3.63, 3.8) is 0 Å². The molecule has 0 atom stereocenters. The van der Waals surface area contributed by atoms with E-state index in [1.807, 2.05) is 41.7 Å². The quantitative estimate of drug-likeness (QED) is 0.861. The lowest BCUT2D eigenvalue weighted by atomic mass is 10.2. The second-order valence-corrected chi connectivity index (χ2v) is 4.75. The van der Waals surface area contributed by atoms with E-state index in [1.165, 1.54) is 11.3 Å². The molecule has 3 nitrogen and oxygen atoms in total. The third-order valence-corrected chi connectivity index (χ3v) is 3.76. The summed E-state index contributed by atoms with van der Waals surface area (Å²) in [4.78, 5) is 0. The van der Waals surface area contributed by atoms with Gasteiger partial charge in [0.1, 0.15) is 5.82 Å². The fourth-order valence-corrected chi connectivity index (χ4v) is 3.06. The van der Waals surface area contributed by atoms with Crippen LogP contribution in [0.15, 0.2) is 30.3 Å². The largest absolute Gasteiger partial charge is 0.373 e. The van der Waals surface area contributed by atoms with Crippen molar-refractivity contribution in [1.29, 1.82) is 0 Å². The van der Waals surface area contributed by atoms with Gasteiger partial charge in [-0.1, -0.05) is 18.2 Å². The van der Waals surface area contributed by atoms with E-state index in [0.717, 1.165) is 23.0 Å². The molecule has 1 aromatic heterocycles. The number of fused-ring (bicyclic) bond motifs is 1. The van der Waals surface area contributed by atoms with Gasteiger partial charge in [-0.3, -0.25) is 0 Å². The van der Waals surface area contributed by atoms with Gasteiger partial charge in [-0.2, -0.15) is 16.9 Å². The Kier molecular flexibility index (Phi) is 2.36. The molecule has 1 aliphatic heterocycles. The van der Waals surface area contributed by atoms with Crippen molar-refractivity contribution in [2.24, 2.45) is 0 Å². The molecule has 4 heteroatoms. The summed E-state index contributed by atoms with van der Waals surface area (Å²) in [5.41, 5.74) is 3.70. The van der Waals surface area contributed by atoms with Crippen LogP contribution in [-0.4, -0.2) is 16.8 Å². The van der Waals surface area contributed by atoms with Crippen LogP contribution in [0.1, 0.15) is 11.3 Å². The molecule has 0 unspecified atom stereocenters. The van der Waals surface area contributed by atoms with Crippen LogP contribution in [0.3, 0.4) is 0 Å². The van der Waals surface area contributed by atoms with Crippen LogP contribution in [-0.2, 0) is 11.5 Å². The summed E-state index contributed by atoms with van der Waals surface area (Å²) in [5.74, 6) is 3.23. The van der Waals surface area contributed by atoms with Crippen molar-refractivity contribution in [1.82, 2.24) is 9.78 Å². The van der Waals surface area contributed by atoms with Gasteiger partial charge in [-0.25, -0.2) is 4.68 Å². The van der Waals surface area contributed by atoms with E-state index in [0.29, 0.717) is 0 Å². The second-order valence-electron chi connectivity index (χ2n) is 3.76. The summed E-state index contributed by atoms with van der Waals surface area (Å²) in [6.45, 7) is 0. The van der Waals surface area contributed by atoms with Crippen LogP contribution in [0.25, 0.3) is 5.69 Å². The summed E-state index contributed by atoms with van der Waals surface area (Å²) < 4.78 is 2.00. The minimum absolute atomic E-state index is 1.03. The highest BCUT2D eigenvalue weighted by Crippen LogP contribution is 2.35. The second kappa shape index (κ2) is 3.87. The maximum Gasteiger partial charge on any atom is 0.133 e. The molecule has 3 rings (SSSR count). The first kappa shape index (κ1) is 9.78. The lowest BCUT2D eigenvalue weighted by Gasteiger charge is -2.08. The summed E-state index contributed by atoms with van der Waals surface area (Å²) in [6.07, 6.45) is 0. The molecular weight excluding hydrogens is 218 g/mol. The highest BCUT2D eigenvalue weighted by atomic mass is 32.2. The number of nitrogens with one attached hydrogen (secondary N) is 1. The van der Waals surface area contributed by atoms with Crippen LogP contribution in [0, 0.1) is 0 Å². The zero-order chi connectivity index (χ0) is 11.0. The van der Waals surface area contributed by atoms with Gasteiger partial charge in [-0.05, 0) is 12.1 Å². The van der Waals surface area contributed by atoms with Crippen LogP contribution < -0.4 is 5.32 Å². The molecule has 82 valence electrons. The number of hydrogen-bond donors (Lipinski definition) is 1. The number of nitrogens with zero attached hydrogens (tertiary/aromatic N) is 2. The molecule has 16 heavy (non-hydrogen) atoms. The Morgan fingerprint density at radius 1 is 1.25 bits per heavy atom. The molecule has 0 spiro atoms. The van der Waals surface area contributed by atoms with E-state index >= 15 is 0 Å². The Bertz CT molecular complexity index is 504. The molecule has 0 amide bonds. The zero-order valence-electron chi connectivity index (χ0n) is 9.10. The van der Waals surface area contributed by atoms with E-state index in [9.17, 15) is 0 Å². The fourth-order valence-electron chi connectivity index (χ4n) is 2.03. The van der Waals surface area contributed by atoms with Gasteiger partial charge in [0.25, 0.3) is 0 Å². The number of para-hydroxylation sites is 1. The van der Waals surface area contributed by atoms with E-state index < -0.39 is 0 Å². The summed E-state index contributed by atoms with van der Waals surface area (Å²) in [7, 11) is 1.96. The van der Waals surface area contributed by atoms with Gasteiger partial charge in [0, 0.05) is 24.1 Å². The summed E-state index contributed by atoms with van der Waals surface area (Å²) >= 11 is 1.93. The smallest absolute Gasteiger partial charge is 0.133 e. The molecule has 0 bridgehead atoms. The molecule has 2 aromatic rings. The third kappa shape index (κ3) is 1.41. The van der Waals surface area contributed by atoms with Gasteiger partial charge >= 0.3 is 0 Å². The molecule has 1 aromatic carbocycles. The molecule has 2 heterocycles. The molecular formula is C12H13N3S. The number of hydrogen-bond acceptors (Lipinski definition) is 3. The van der Waals surface area contributed by atoms with Gasteiger partial charge in [0.15, 0.2) is 0 Å². The first-order valence-electron chi connectivity index (χ1n) is 5.32. The minimum Gasteiger partial charge on any atom is -0.373 e. The number of anilines is 1. The lowest BCUT2D eigenvalue weighted by molar-refractivity contribution is 0.864. The van der Waals surface area contributed by atoms with Crippen LogP contribution in [0.5, 0.6) is 0 Å². The maximum absolute atomic E-state index is 4.67. The molecule has 0 fully saturated rings. The van der Waals surface area contributed by atoms with Gasteiger partial charge < -0.3 is 5.32 Å². The normalized spacial score (nSPS) is 13.8. The Morgan fingerprint density at radius 2 is 2.06 bits per heavy atom. The first-order chi connectivity index (χ1) is 7.90. The SMILES string of the molecule is CNc1c2c(nn1-c1ccccc1)CSC2. The number of benzene rings is 1. The van der Waals surface area contributed by atoms with Gasteiger partial charge in [0.2, 0.25) is 0 Å². The highest BCUT2D eigenvalue weighted by molar-refractivity contribution is 7.98. The van der Waals surface area contributed by atoms with Crippen molar-refractivity contribution in [3.8, 4) is 5.69 Å². The Morgan fingerprint density at radius 3 is 2.81 bits per heavy atom. The van der Waals surface area contributed by atoms with Crippen LogP contribution in [0.2, 0.25) is 0 Å². The van der Waals surface area contributed by atoms with Crippen LogP contribution >= 0.6 is 11.8 Å². The van der Waals surface area contributed by atoms with Crippen molar-refractivity contribution in [3.05, 3.63) is 41.6 Å². The first-order valence-corrected chi connectivity index (χ1v) is 6.47. The van der Waals surface area contributed by atoms with Crippen molar-refractivity contribution in [2.75, 3.05) is 12.4 Å². The molecule has 0 radical (unpaired) electrons. The standard InChI is InChI=1S/C12H13N3S/c1-13-12-10-7-16-8-11(10)14-15(12)9-5-3-2-4-6-9/h2-6,13H,7-8H2,1H3. The molecule has 0 aliphatic carbocycles. The number of thioether (sulfide) groups is 1.